The molecule has 14 heavy (non-hydrogen) atoms. The number of nitrogens with one attached hydrogen (secondary N) is 1. The number of carbonyl (C=O) groups is 1. The first-order valence-electron chi connectivity index (χ1n) is 4.40. The minimum Gasteiger partial charge on any atom is -0.347 e. The molecule has 0 fully saturated rings. The van der Waals surface area contributed by atoms with E-state index in [1.54, 1.807) is 27.9 Å². The highest BCUT2D eigenvalue weighted by Crippen LogP contribution is 1.99. The Kier molecular flexibility index (Phi) is 4.54. The Hall–Kier alpha value is -0.620. The van der Waals surface area contributed by atoms with Crippen LogP contribution in [0.3, 0.4) is 0 Å². The van der Waals surface area contributed by atoms with Gasteiger partial charge >= 0.3 is 0 Å². The van der Waals surface area contributed by atoms with Gasteiger partial charge in [0, 0.05) is 14.1 Å². The molecule has 0 heterocycles. The highest BCUT2D eigenvalue weighted by molar-refractivity contribution is 7.90. The van der Waals surface area contributed by atoms with Crippen molar-refractivity contribution in [1.29, 1.82) is 0 Å². The molecule has 0 spiro atoms. The fraction of sp³-hybridized carbons (Fsp3) is 0.875. The van der Waals surface area contributed by atoms with E-state index in [1.807, 2.05) is 0 Å². The molecule has 0 aliphatic carbocycles. The number of hydrogen-bond donors (Lipinski definition) is 1. The first kappa shape index (κ1) is 13.4. The second-order valence-corrected chi connectivity index (χ2v) is 5.93. The zero-order valence-electron chi connectivity index (χ0n) is 9.23. The Bertz CT molecular complexity index is 296. The molecule has 1 atom stereocenters. The number of nitrogens with zero attached hydrogens (tertiary/aromatic N) is 1. The third kappa shape index (κ3) is 3.63. The summed E-state index contributed by atoms with van der Waals surface area (Å²) in [4.78, 5) is 12.7. The number of hydrogen-bond acceptors (Lipinski definition) is 3. The van der Waals surface area contributed by atoms with Crippen molar-refractivity contribution >= 4 is 15.9 Å². The van der Waals surface area contributed by atoms with Gasteiger partial charge in [-0.1, -0.05) is 0 Å². The number of sulfonamides is 1. The minimum absolute atomic E-state index is 0.255. The summed E-state index contributed by atoms with van der Waals surface area (Å²) in [5.74, 6) is -0.255. The predicted molar refractivity (Wildman–Crippen MR) is 55.3 cm³/mol. The first-order valence-corrected chi connectivity index (χ1v) is 5.95. The van der Waals surface area contributed by atoms with Crippen LogP contribution in [-0.2, 0) is 14.8 Å². The van der Waals surface area contributed by atoms with Crippen LogP contribution < -0.4 is 4.72 Å². The number of likely N-dealkylation sites (N-methyl/N-ethyl adjacent to an activating group) is 1. The van der Waals surface area contributed by atoms with E-state index in [2.05, 4.69) is 4.72 Å². The van der Waals surface area contributed by atoms with Gasteiger partial charge in [-0.2, -0.15) is 0 Å². The van der Waals surface area contributed by atoms with E-state index in [1.165, 1.54) is 11.8 Å². The Morgan fingerprint density at radius 2 is 1.64 bits per heavy atom. The normalized spacial score (nSPS) is 14.1. The predicted octanol–water partition coefficient (Wildman–Crippen LogP) is -0.209. The molecular weight excluding hydrogens is 204 g/mol. The molecule has 0 aliphatic rings. The maximum absolute atomic E-state index is 11.4. The highest BCUT2D eigenvalue weighted by atomic mass is 32.2. The monoisotopic (exact) mass is 222 g/mol. The molecule has 0 saturated heterocycles. The van der Waals surface area contributed by atoms with Gasteiger partial charge in [0.15, 0.2) is 0 Å². The van der Waals surface area contributed by atoms with Crippen LogP contribution in [0.25, 0.3) is 0 Å². The van der Waals surface area contributed by atoms with E-state index in [-0.39, 0.29) is 5.91 Å². The highest BCUT2D eigenvalue weighted by Gasteiger charge is 2.23. The average molecular weight is 222 g/mol. The molecule has 1 amide bonds. The molecule has 5 nitrogen and oxygen atoms in total. The lowest BCUT2D eigenvalue weighted by Crippen LogP contribution is -2.46. The molecule has 0 saturated carbocycles. The molecule has 0 aromatic heterocycles. The Morgan fingerprint density at radius 3 is 1.93 bits per heavy atom. The number of amides is 1. The van der Waals surface area contributed by atoms with Crippen molar-refractivity contribution in [3.05, 3.63) is 0 Å². The average Bonchev–Trinajstić information content (AvgIpc) is 2.01. The van der Waals surface area contributed by atoms with Crippen molar-refractivity contribution in [3.8, 4) is 0 Å². The quantitative estimate of drug-likeness (QED) is 0.716. The van der Waals surface area contributed by atoms with Gasteiger partial charge in [-0.05, 0) is 20.8 Å². The van der Waals surface area contributed by atoms with Crippen LogP contribution in [0, 0.1) is 0 Å². The van der Waals surface area contributed by atoms with Gasteiger partial charge < -0.3 is 4.90 Å². The van der Waals surface area contributed by atoms with Gasteiger partial charge in [0.2, 0.25) is 15.9 Å². The zero-order valence-corrected chi connectivity index (χ0v) is 10.1. The molecule has 0 bridgehead atoms. The molecule has 0 aromatic carbocycles. The largest absolute Gasteiger partial charge is 0.347 e. The standard InChI is InChI=1S/C8H18N2O3S/c1-6(2)14(12,13)9-7(3)8(11)10(4)5/h6-7,9H,1-5H3. The summed E-state index contributed by atoms with van der Waals surface area (Å²) in [5.41, 5.74) is 0. The van der Waals surface area contributed by atoms with Crippen LogP contribution in [0.5, 0.6) is 0 Å². The lowest BCUT2D eigenvalue weighted by Gasteiger charge is -2.19. The molecule has 1 N–H and O–H groups in total. The van der Waals surface area contributed by atoms with Gasteiger partial charge in [0.05, 0.1) is 11.3 Å². The van der Waals surface area contributed by atoms with Crippen molar-refractivity contribution in [2.24, 2.45) is 0 Å². The van der Waals surface area contributed by atoms with E-state index >= 15 is 0 Å². The summed E-state index contributed by atoms with van der Waals surface area (Å²) in [5, 5.41) is -0.528. The molecule has 84 valence electrons. The summed E-state index contributed by atoms with van der Waals surface area (Å²) in [6, 6.07) is -0.711. The summed E-state index contributed by atoms with van der Waals surface area (Å²) >= 11 is 0. The second kappa shape index (κ2) is 4.75. The van der Waals surface area contributed by atoms with Crippen molar-refractivity contribution in [2.75, 3.05) is 14.1 Å². The first-order chi connectivity index (χ1) is 6.18. The van der Waals surface area contributed by atoms with Crippen molar-refractivity contribution < 1.29 is 13.2 Å². The third-order valence-electron chi connectivity index (χ3n) is 1.77. The van der Waals surface area contributed by atoms with Crippen molar-refractivity contribution in [2.45, 2.75) is 32.1 Å². The van der Waals surface area contributed by atoms with Crippen molar-refractivity contribution in [1.82, 2.24) is 9.62 Å². The Labute approximate surface area is 85.5 Å². The summed E-state index contributed by atoms with van der Waals surface area (Å²) in [6.45, 7) is 4.66. The van der Waals surface area contributed by atoms with Crippen molar-refractivity contribution in [3.63, 3.8) is 0 Å². The molecule has 1 unspecified atom stereocenters. The van der Waals surface area contributed by atoms with Crippen LogP contribution in [0.1, 0.15) is 20.8 Å². The Morgan fingerprint density at radius 1 is 1.21 bits per heavy atom. The van der Waals surface area contributed by atoms with E-state index in [9.17, 15) is 13.2 Å². The summed E-state index contributed by atoms with van der Waals surface area (Å²) in [7, 11) is -0.202. The van der Waals surface area contributed by atoms with Crippen LogP contribution in [0.15, 0.2) is 0 Å². The molecule has 0 aromatic rings. The van der Waals surface area contributed by atoms with Crippen LogP contribution in [0.2, 0.25) is 0 Å². The van der Waals surface area contributed by atoms with Gasteiger partial charge in [0.1, 0.15) is 0 Å². The molecule has 6 heteroatoms. The molecule has 0 radical (unpaired) electrons. The molecule has 0 aliphatic heterocycles. The van der Waals surface area contributed by atoms with Gasteiger partial charge in [-0.3, -0.25) is 4.79 Å². The second-order valence-electron chi connectivity index (χ2n) is 3.67. The maximum atomic E-state index is 11.4. The fourth-order valence-corrected chi connectivity index (χ4v) is 1.69. The maximum Gasteiger partial charge on any atom is 0.239 e. The lowest BCUT2D eigenvalue weighted by molar-refractivity contribution is -0.130. The number of carbonyl (C=O) groups excluding carboxylic acids is 1. The summed E-state index contributed by atoms with van der Waals surface area (Å²) < 4.78 is 25.1. The van der Waals surface area contributed by atoms with E-state index in [0.717, 1.165) is 0 Å². The van der Waals surface area contributed by atoms with Crippen LogP contribution >= 0.6 is 0 Å². The lowest BCUT2D eigenvalue weighted by atomic mass is 10.3. The van der Waals surface area contributed by atoms with Gasteiger partial charge in [-0.25, -0.2) is 13.1 Å². The summed E-state index contributed by atoms with van der Waals surface area (Å²) in [6.07, 6.45) is 0. The van der Waals surface area contributed by atoms with Crippen LogP contribution in [0.4, 0.5) is 0 Å². The third-order valence-corrected chi connectivity index (χ3v) is 3.70. The smallest absolute Gasteiger partial charge is 0.239 e. The minimum atomic E-state index is -3.37. The SMILES string of the molecule is CC(NS(=O)(=O)C(C)C)C(=O)N(C)C. The Balaban J connectivity index is 4.49. The van der Waals surface area contributed by atoms with Gasteiger partial charge in [0.25, 0.3) is 0 Å². The number of rotatable bonds is 4. The fourth-order valence-electron chi connectivity index (χ4n) is 0.820. The van der Waals surface area contributed by atoms with E-state index in [4.69, 9.17) is 0 Å². The van der Waals surface area contributed by atoms with Gasteiger partial charge in [-0.15, -0.1) is 0 Å². The van der Waals surface area contributed by atoms with Crippen LogP contribution in [-0.4, -0.2) is 44.6 Å². The molecule has 0 rings (SSSR count). The molecular formula is C8H18N2O3S. The van der Waals surface area contributed by atoms with E-state index < -0.39 is 21.3 Å². The zero-order chi connectivity index (χ0) is 11.5. The topological polar surface area (TPSA) is 66.5 Å². The van der Waals surface area contributed by atoms with E-state index in [0.29, 0.717) is 0 Å².